The van der Waals surface area contributed by atoms with Crippen LogP contribution in [0.25, 0.3) is 0 Å². The predicted molar refractivity (Wildman–Crippen MR) is 129 cm³/mol. The van der Waals surface area contributed by atoms with Crippen molar-refractivity contribution in [3.63, 3.8) is 0 Å². The number of carbonyl (C=O) groups is 2. The molecule has 0 aliphatic rings. The van der Waals surface area contributed by atoms with E-state index in [9.17, 15) is 9.59 Å². The second kappa shape index (κ2) is 10.0. The highest BCUT2D eigenvalue weighted by atomic mass is 79.9. The minimum absolute atomic E-state index is 0.117. The zero-order chi connectivity index (χ0) is 21.7. The summed E-state index contributed by atoms with van der Waals surface area (Å²) in [6.45, 7) is 0. The molecule has 0 heterocycles. The molecule has 0 saturated heterocycles. The molecule has 0 unspecified atom stereocenters. The van der Waals surface area contributed by atoms with Gasteiger partial charge in [0.15, 0.2) is 5.11 Å². The van der Waals surface area contributed by atoms with Crippen LogP contribution in [0.1, 0.15) is 20.7 Å². The molecular formula is C21H14BrCl2N3O2S. The first-order valence-corrected chi connectivity index (χ1v) is 10.5. The molecule has 0 aliphatic carbocycles. The fraction of sp³-hybridized carbons (Fsp3) is 0. The fourth-order valence-electron chi connectivity index (χ4n) is 2.47. The van der Waals surface area contributed by atoms with E-state index in [0.29, 0.717) is 32.5 Å². The van der Waals surface area contributed by atoms with Gasteiger partial charge >= 0.3 is 0 Å². The van der Waals surface area contributed by atoms with Gasteiger partial charge in [-0.3, -0.25) is 14.9 Å². The highest BCUT2D eigenvalue weighted by molar-refractivity contribution is 9.10. The summed E-state index contributed by atoms with van der Waals surface area (Å²) in [5.41, 5.74) is 2.00. The summed E-state index contributed by atoms with van der Waals surface area (Å²) in [6, 6.07) is 18.5. The number of thiocarbonyl (C=S) groups is 1. The minimum atomic E-state index is -0.427. The van der Waals surface area contributed by atoms with E-state index >= 15 is 0 Å². The first-order chi connectivity index (χ1) is 14.3. The Hall–Kier alpha value is -2.45. The number of halogens is 3. The van der Waals surface area contributed by atoms with Gasteiger partial charge in [-0.25, -0.2) is 0 Å². The van der Waals surface area contributed by atoms with Crippen molar-refractivity contribution in [1.82, 2.24) is 5.32 Å². The lowest BCUT2D eigenvalue weighted by Gasteiger charge is -2.11. The van der Waals surface area contributed by atoms with E-state index in [1.54, 1.807) is 66.7 Å². The van der Waals surface area contributed by atoms with Crippen LogP contribution in [0.15, 0.2) is 71.2 Å². The minimum Gasteiger partial charge on any atom is -0.332 e. The molecule has 152 valence electrons. The largest absolute Gasteiger partial charge is 0.332 e. The molecule has 3 aromatic rings. The zero-order valence-corrected chi connectivity index (χ0v) is 19.1. The van der Waals surface area contributed by atoms with Gasteiger partial charge in [-0.2, -0.15) is 0 Å². The third-order valence-electron chi connectivity index (χ3n) is 3.89. The topological polar surface area (TPSA) is 70.2 Å². The second-order valence-corrected chi connectivity index (χ2v) is 8.24. The Morgan fingerprint density at radius 1 is 0.833 bits per heavy atom. The van der Waals surface area contributed by atoms with Crippen LogP contribution in [0.2, 0.25) is 10.0 Å². The number of anilines is 2. The van der Waals surface area contributed by atoms with Crippen LogP contribution in [-0.2, 0) is 0 Å². The van der Waals surface area contributed by atoms with Gasteiger partial charge in [-0.05, 0) is 72.9 Å². The third-order valence-corrected chi connectivity index (χ3v) is 5.15. The van der Waals surface area contributed by atoms with Crippen molar-refractivity contribution in [2.75, 3.05) is 10.6 Å². The summed E-state index contributed by atoms with van der Waals surface area (Å²) in [6.07, 6.45) is 0. The third kappa shape index (κ3) is 6.03. The van der Waals surface area contributed by atoms with Crippen LogP contribution in [0, 0.1) is 0 Å². The fourth-order valence-corrected chi connectivity index (χ4v) is 3.44. The molecule has 3 N–H and O–H groups in total. The highest BCUT2D eigenvalue weighted by Gasteiger charge is 2.13. The van der Waals surface area contributed by atoms with Gasteiger partial charge in [-0.1, -0.05) is 45.2 Å². The maximum Gasteiger partial charge on any atom is 0.258 e. The van der Waals surface area contributed by atoms with Crippen LogP contribution in [-0.4, -0.2) is 16.9 Å². The van der Waals surface area contributed by atoms with Crippen molar-refractivity contribution in [3.05, 3.63) is 92.4 Å². The first kappa shape index (κ1) is 22.2. The van der Waals surface area contributed by atoms with Crippen molar-refractivity contribution in [2.45, 2.75) is 0 Å². The van der Waals surface area contributed by atoms with Crippen LogP contribution < -0.4 is 16.0 Å². The molecule has 0 spiro atoms. The molecule has 0 aromatic heterocycles. The number of rotatable bonds is 4. The number of carbonyl (C=O) groups excluding carboxylic acids is 2. The van der Waals surface area contributed by atoms with E-state index in [1.165, 1.54) is 0 Å². The lowest BCUT2D eigenvalue weighted by Crippen LogP contribution is -2.34. The van der Waals surface area contributed by atoms with Crippen molar-refractivity contribution in [3.8, 4) is 0 Å². The summed E-state index contributed by atoms with van der Waals surface area (Å²) in [5, 5.41) is 9.20. The molecule has 9 heteroatoms. The van der Waals surface area contributed by atoms with Gasteiger partial charge in [0.25, 0.3) is 11.8 Å². The summed E-state index contributed by atoms with van der Waals surface area (Å²) in [7, 11) is 0. The Bertz CT molecular complexity index is 1120. The Kier molecular flexibility index (Phi) is 7.44. The molecule has 2 amide bonds. The van der Waals surface area contributed by atoms with Gasteiger partial charge in [0.05, 0.1) is 10.6 Å². The van der Waals surface area contributed by atoms with Gasteiger partial charge < -0.3 is 10.6 Å². The number of amides is 2. The number of benzene rings is 3. The monoisotopic (exact) mass is 521 g/mol. The average molecular weight is 523 g/mol. The van der Waals surface area contributed by atoms with Gasteiger partial charge in [0, 0.05) is 26.4 Å². The first-order valence-electron chi connectivity index (χ1n) is 8.56. The zero-order valence-electron chi connectivity index (χ0n) is 15.2. The smallest absolute Gasteiger partial charge is 0.258 e. The molecular weight excluding hydrogens is 509 g/mol. The molecule has 0 fully saturated rings. The lowest BCUT2D eigenvalue weighted by atomic mass is 10.2. The maximum atomic E-state index is 12.4. The van der Waals surface area contributed by atoms with Gasteiger partial charge in [0.2, 0.25) is 0 Å². The molecule has 0 radical (unpaired) electrons. The maximum absolute atomic E-state index is 12.4. The van der Waals surface area contributed by atoms with Crippen molar-refractivity contribution in [1.29, 1.82) is 0 Å². The lowest BCUT2D eigenvalue weighted by molar-refractivity contribution is 0.0976. The van der Waals surface area contributed by atoms with Crippen LogP contribution in [0.3, 0.4) is 0 Å². The van der Waals surface area contributed by atoms with Crippen molar-refractivity contribution < 1.29 is 9.59 Å². The van der Waals surface area contributed by atoms with Crippen LogP contribution in [0.4, 0.5) is 11.4 Å². The van der Waals surface area contributed by atoms with E-state index in [-0.39, 0.29) is 11.0 Å². The number of hydrogen-bond donors (Lipinski definition) is 3. The second-order valence-electron chi connectivity index (χ2n) is 6.07. The molecule has 3 aromatic carbocycles. The highest BCUT2D eigenvalue weighted by Crippen LogP contribution is 2.21. The summed E-state index contributed by atoms with van der Waals surface area (Å²) < 4.78 is 0.728. The summed E-state index contributed by atoms with van der Waals surface area (Å²) in [5.74, 6) is -0.698. The molecule has 0 saturated carbocycles. The Morgan fingerprint density at radius 2 is 1.50 bits per heavy atom. The predicted octanol–water partition coefficient (Wildman–Crippen LogP) is 6.14. The number of nitrogens with one attached hydrogen (secondary N) is 3. The molecule has 30 heavy (non-hydrogen) atoms. The van der Waals surface area contributed by atoms with Crippen molar-refractivity contribution >= 4 is 79.7 Å². The standard InChI is InChI=1S/C21H14BrCl2N3O2S/c22-13-4-9-18(24)17(11-13)20(29)27-21(30)26-16-7-5-15(6-8-16)25-19(28)12-2-1-3-14(23)10-12/h1-11H,(H,25,28)(H2,26,27,29,30). The van der Waals surface area contributed by atoms with E-state index < -0.39 is 5.91 Å². The van der Waals surface area contributed by atoms with E-state index in [4.69, 9.17) is 35.4 Å². The van der Waals surface area contributed by atoms with E-state index in [0.717, 1.165) is 4.47 Å². The van der Waals surface area contributed by atoms with E-state index in [2.05, 4.69) is 31.9 Å². The van der Waals surface area contributed by atoms with E-state index in [1.807, 2.05) is 0 Å². The van der Waals surface area contributed by atoms with Crippen LogP contribution in [0.5, 0.6) is 0 Å². The Labute approximate surface area is 196 Å². The average Bonchev–Trinajstić information content (AvgIpc) is 2.71. The van der Waals surface area contributed by atoms with Crippen LogP contribution >= 0.6 is 51.3 Å². The molecule has 0 bridgehead atoms. The molecule has 0 aliphatic heterocycles. The number of hydrogen-bond acceptors (Lipinski definition) is 3. The summed E-state index contributed by atoms with van der Waals surface area (Å²) in [4.78, 5) is 24.6. The Balaban J connectivity index is 1.58. The van der Waals surface area contributed by atoms with Gasteiger partial charge in [0.1, 0.15) is 0 Å². The molecule has 5 nitrogen and oxygen atoms in total. The Morgan fingerprint density at radius 3 is 2.17 bits per heavy atom. The molecule has 0 atom stereocenters. The van der Waals surface area contributed by atoms with Gasteiger partial charge in [-0.15, -0.1) is 0 Å². The summed E-state index contributed by atoms with van der Waals surface area (Å²) >= 11 is 20.5. The molecule has 3 rings (SSSR count). The normalized spacial score (nSPS) is 10.2. The SMILES string of the molecule is O=C(Nc1ccc(NC(=S)NC(=O)c2cc(Br)ccc2Cl)cc1)c1cccc(Cl)c1. The quantitative estimate of drug-likeness (QED) is 0.360. The van der Waals surface area contributed by atoms with Crippen molar-refractivity contribution in [2.24, 2.45) is 0 Å².